The van der Waals surface area contributed by atoms with Crippen LogP contribution in [0.5, 0.6) is 5.75 Å². The molecule has 1 aromatic carbocycles. The van der Waals surface area contributed by atoms with E-state index < -0.39 is 0 Å². The number of rotatable bonds is 7. The van der Waals surface area contributed by atoms with Crippen molar-refractivity contribution in [2.75, 3.05) is 51.4 Å². The van der Waals surface area contributed by atoms with Crippen LogP contribution in [0.25, 0.3) is 0 Å². The molecule has 9 heteroatoms. The van der Waals surface area contributed by atoms with Gasteiger partial charge in [0.15, 0.2) is 0 Å². The molecule has 0 spiro atoms. The van der Waals surface area contributed by atoms with Crippen LogP contribution in [0.15, 0.2) is 54.9 Å². The molecular formula is C31H41N5O4. The second-order valence-electron chi connectivity index (χ2n) is 11.0. The zero-order valence-electron chi connectivity index (χ0n) is 23.4. The number of ether oxygens (including phenoxy) is 2. The van der Waals surface area contributed by atoms with Gasteiger partial charge in [0.25, 0.3) is 0 Å². The first-order valence-corrected chi connectivity index (χ1v) is 14.4. The Labute approximate surface area is 236 Å². The van der Waals surface area contributed by atoms with Gasteiger partial charge in [-0.05, 0) is 67.0 Å². The Bertz CT molecular complexity index is 1170. The Morgan fingerprint density at radius 1 is 1.18 bits per heavy atom. The summed E-state index contributed by atoms with van der Waals surface area (Å²) in [6.45, 7) is 4.77. The highest BCUT2D eigenvalue weighted by Crippen LogP contribution is 2.31. The predicted molar refractivity (Wildman–Crippen MR) is 154 cm³/mol. The van der Waals surface area contributed by atoms with Crippen molar-refractivity contribution in [1.29, 1.82) is 0 Å². The lowest BCUT2D eigenvalue weighted by molar-refractivity contribution is -0.132. The number of benzene rings is 1. The summed E-state index contributed by atoms with van der Waals surface area (Å²) in [5.74, 6) is 1.22. The second kappa shape index (κ2) is 13.8. The minimum atomic E-state index is 0.0336. The van der Waals surface area contributed by atoms with Gasteiger partial charge in [0.2, 0.25) is 11.8 Å². The molecular weight excluding hydrogens is 506 g/mol. The summed E-state index contributed by atoms with van der Waals surface area (Å²) in [5, 5.41) is 6.39. The lowest BCUT2D eigenvalue weighted by atomic mass is 9.82. The smallest absolute Gasteiger partial charge is 0.236 e. The van der Waals surface area contributed by atoms with Crippen molar-refractivity contribution in [3.8, 4) is 5.75 Å². The number of methoxy groups -OCH3 is 1. The quantitative estimate of drug-likeness (QED) is 0.515. The fourth-order valence-corrected chi connectivity index (χ4v) is 6.09. The van der Waals surface area contributed by atoms with Crippen molar-refractivity contribution in [1.82, 2.24) is 20.5 Å². The van der Waals surface area contributed by atoms with Crippen molar-refractivity contribution in [2.45, 2.75) is 44.8 Å². The van der Waals surface area contributed by atoms with Crippen LogP contribution in [0.4, 0.5) is 5.69 Å². The number of carbonyl (C=O) groups is 2. The summed E-state index contributed by atoms with van der Waals surface area (Å²) >= 11 is 0. The molecule has 0 radical (unpaired) electrons. The van der Waals surface area contributed by atoms with E-state index in [2.05, 4.69) is 38.7 Å². The standard InChI is InChI=1S/C31H41N5O4/c1-39-22-28-5-2-13-36(28)27-6-7-29-26(16-27)19-33-20-31(38)35-14-10-24(25(21-35)4-3-15-40-29)17-30(37)34-18-23-8-11-32-12-9-23/h3-4,6-9,11-12,16,24-25,28,33H,2,5,10,13-15,17-22H2,1H3,(H,34,37)/b4-3+/t24-,25-,28-/m0/s1. The van der Waals surface area contributed by atoms with Crippen LogP contribution >= 0.6 is 0 Å². The number of anilines is 1. The van der Waals surface area contributed by atoms with E-state index in [9.17, 15) is 9.59 Å². The molecule has 2 amide bonds. The van der Waals surface area contributed by atoms with Gasteiger partial charge < -0.3 is 29.9 Å². The van der Waals surface area contributed by atoms with E-state index in [0.29, 0.717) is 45.2 Å². The minimum Gasteiger partial charge on any atom is -0.489 e. The number of carbonyl (C=O) groups excluding carboxylic acids is 2. The first-order chi connectivity index (χ1) is 19.6. The highest BCUT2D eigenvalue weighted by atomic mass is 16.5. The van der Waals surface area contributed by atoms with E-state index in [1.54, 1.807) is 19.5 Å². The van der Waals surface area contributed by atoms with Gasteiger partial charge in [-0.1, -0.05) is 12.2 Å². The summed E-state index contributed by atoms with van der Waals surface area (Å²) in [6.07, 6.45) is 11.2. The topological polar surface area (TPSA) is 96.0 Å². The number of amides is 2. The highest BCUT2D eigenvalue weighted by Gasteiger charge is 2.31. The normalized spacial score (nSPS) is 24.2. The van der Waals surface area contributed by atoms with Crippen LogP contribution in [0.3, 0.4) is 0 Å². The Morgan fingerprint density at radius 3 is 2.90 bits per heavy atom. The van der Waals surface area contributed by atoms with Gasteiger partial charge in [0.1, 0.15) is 12.4 Å². The zero-order valence-corrected chi connectivity index (χ0v) is 23.4. The van der Waals surface area contributed by atoms with E-state index in [4.69, 9.17) is 9.47 Å². The number of hydrogen-bond acceptors (Lipinski definition) is 7. The third-order valence-corrected chi connectivity index (χ3v) is 8.27. The van der Waals surface area contributed by atoms with Gasteiger partial charge in [-0.25, -0.2) is 0 Å². The first-order valence-electron chi connectivity index (χ1n) is 14.4. The maximum absolute atomic E-state index is 13.1. The predicted octanol–water partition coefficient (Wildman–Crippen LogP) is 2.91. The molecule has 1 aromatic heterocycles. The minimum absolute atomic E-state index is 0.0336. The van der Waals surface area contributed by atoms with Crippen molar-refractivity contribution >= 4 is 17.5 Å². The average Bonchev–Trinajstić information content (AvgIpc) is 3.44. The van der Waals surface area contributed by atoms with Gasteiger partial charge >= 0.3 is 0 Å². The third kappa shape index (κ3) is 7.20. The SMILES string of the molecule is COC[C@@H]1CCCN1c1ccc2c(c1)CNCC(=O)N1CC[C@@H](CC(=O)NCc3ccncc3)[C@@H](/C=C/CO2)C1. The molecule has 2 fully saturated rings. The lowest BCUT2D eigenvalue weighted by Crippen LogP contribution is -2.47. The van der Waals surface area contributed by atoms with E-state index in [0.717, 1.165) is 49.3 Å². The Hall–Kier alpha value is -3.43. The number of piperidine rings is 1. The number of aromatic nitrogens is 1. The van der Waals surface area contributed by atoms with E-state index in [-0.39, 0.29) is 30.2 Å². The van der Waals surface area contributed by atoms with Crippen LogP contribution in [0, 0.1) is 11.8 Å². The molecule has 3 aliphatic heterocycles. The summed E-state index contributed by atoms with van der Waals surface area (Å²) in [4.78, 5) is 34.3. The maximum atomic E-state index is 13.1. The Balaban J connectivity index is 1.25. The van der Waals surface area contributed by atoms with Crippen LogP contribution in [0.1, 0.15) is 36.8 Å². The van der Waals surface area contributed by atoms with Crippen molar-refractivity contribution in [2.24, 2.45) is 11.8 Å². The number of nitrogens with zero attached hydrogens (tertiary/aromatic N) is 3. The van der Waals surface area contributed by atoms with Crippen LogP contribution < -0.4 is 20.3 Å². The largest absolute Gasteiger partial charge is 0.489 e. The molecule has 4 heterocycles. The molecule has 40 heavy (non-hydrogen) atoms. The molecule has 0 aliphatic carbocycles. The fourth-order valence-electron chi connectivity index (χ4n) is 6.09. The van der Waals surface area contributed by atoms with Gasteiger partial charge in [-0.3, -0.25) is 14.6 Å². The molecule has 0 unspecified atom stereocenters. The monoisotopic (exact) mass is 547 g/mol. The van der Waals surface area contributed by atoms with Crippen LogP contribution in [0.2, 0.25) is 0 Å². The highest BCUT2D eigenvalue weighted by molar-refractivity contribution is 5.79. The van der Waals surface area contributed by atoms with Gasteiger partial charge in [0.05, 0.1) is 19.2 Å². The molecule has 2 saturated heterocycles. The lowest BCUT2D eigenvalue weighted by Gasteiger charge is -2.37. The van der Waals surface area contributed by atoms with Crippen LogP contribution in [-0.2, 0) is 27.4 Å². The van der Waals surface area contributed by atoms with E-state index in [1.807, 2.05) is 29.2 Å². The Morgan fingerprint density at radius 2 is 2.05 bits per heavy atom. The van der Waals surface area contributed by atoms with Gasteiger partial charge in [-0.15, -0.1) is 0 Å². The van der Waals surface area contributed by atoms with Gasteiger partial charge in [0, 0.05) is 69.9 Å². The Kier molecular flexibility index (Phi) is 9.67. The second-order valence-corrected chi connectivity index (χ2v) is 11.0. The van der Waals surface area contributed by atoms with Crippen molar-refractivity contribution in [3.63, 3.8) is 0 Å². The first kappa shape index (κ1) is 28.1. The van der Waals surface area contributed by atoms with Crippen LogP contribution in [-0.4, -0.2) is 74.2 Å². The molecule has 2 N–H and O–H groups in total. The fraction of sp³-hybridized carbons (Fsp3) is 0.516. The number of fused-ring (bicyclic) bond motifs is 3. The summed E-state index contributed by atoms with van der Waals surface area (Å²) in [5.41, 5.74) is 3.24. The summed E-state index contributed by atoms with van der Waals surface area (Å²) in [6, 6.07) is 10.5. The summed E-state index contributed by atoms with van der Waals surface area (Å²) < 4.78 is 11.7. The van der Waals surface area contributed by atoms with E-state index >= 15 is 0 Å². The number of pyridine rings is 1. The van der Waals surface area contributed by atoms with Gasteiger partial charge in [-0.2, -0.15) is 0 Å². The molecule has 5 rings (SSSR count). The maximum Gasteiger partial charge on any atom is 0.236 e. The molecule has 0 saturated carbocycles. The zero-order chi connectivity index (χ0) is 27.7. The molecule has 214 valence electrons. The molecule has 9 nitrogen and oxygen atoms in total. The molecule has 2 bridgehead atoms. The average molecular weight is 548 g/mol. The van der Waals surface area contributed by atoms with Crippen molar-refractivity contribution in [3.05, 3.63) is 66.0 Å². The molecule has 2 aromatic rings. The van der Waals surface area contributed by atoms with Crippen molar-refractivity contribution < 1.29 is 19.1 Å². The molecule has 3 atom stereocenters. The number of hydrogen-bond donors (Lipinski definition) is 2. The molecule has 3 aliphatic rings. The summed E-state index contributed by atoms with van der Waals surface area (Å²) in [7, 11) is 1.76. The number of nitrogens with one attached hydrogen (secondary N) is 2. The van der Waals surface area contributed by atoms with E-state index in [1.165, 1.54) is 5.69 Å². The third-order valence-electron chi connectivity index (χ3n) is 8.27.